The van der Waals surface area contributed by atoms with E-state index in [4.69, 9.17) is 15.2 Å². The first-order valence-electron chi connectivity index (χ1n) is 13.0. The lowest BCUT2D eigenvalue weighted by Crippen LogP contribution is -2.75. The van der Waals surface area contributed by atoms with Gasteiger partial charge in [-0.25, -0.2) is 14.7 Å². The minimum Gasteiger partial charge on any atom is -0.422 e. The maximum absolute atomic E-state index is 13.3. The van der Waals surface area contributed by atoms with Gasteiger partial charge in [-0.3, -0.25) is 14.4 Å². The lowest BCUT2D eigenvalue weighted by molar-refractivity contribution is -0.309. The third kappa shape index (κ3) is 8.71. The van der Waals surface area contributed by atoms with Crippen LogP contribution in [0.4, 0.5) is 10.5 Å². The van der Waals surface area contributed by atoms with Gasteiger partial charge < -0.3 is 35.9 Å². The molecule has 2 aromatic rings. The standard InChI is InChI=1S/C27H37N7O7/c1-6-10-29-24(36)19-9-8-16(3)21(11-19)33-23(31-13-28)22-17(4)20(12-30-22)25(37)34(7-2)27(39)41-15-40-26(38)18(5)32-14-35/h8-9,11-14,18,26,30,38H,6-7,10,15H2,1-5H3,(H,29,36)(H,32,35)(H2,28,31,33)/p+1. The Morgan fingerprint density at radius 2 is 2.00 bits per heavy atom. The molecule has 0 saturated heterocycles. The number of carbonyl (C=O) groups excluding carboxylic acids is 4. The van der Waals surface area contributed by atoms with Gasteiger partial charge >= 0.3 is 6.09 Å². The Hall–Kier alpha value is -4.56. The molecule has 14 nitrogen and oxygen atoms in total. The summed E-state index contributed by atoms with van der Waals surface area (Å²) in [6.07, 6.45) is 1.41. The average Bonchev–Trinajstić information content (AvgIpc) is 3.33. The van der Waals surface area contributed by atoms with E-state index in [9.17, 15) is 24.3 Å². The maximum Gasteiger partial charge on any atom is 0.418 e. The highest BCUT2D eigenvalue weighted by Crippen LogP contribution is 2.22. The number of nitrogens with zero attached hydrogens (tertiary/aromatic N) is 2. The molecule has 2 rings (SSSR count). The van der Waals surface area contributed by atoms with E-state index in [0.29, 0.717) is 35.5 Å². The number of aromatic nitrogens is 1. The van der Waals surface area contributed by atoms with Crippen LogP contribution in [-0.4, -0.2) is 83.7 Å². The minimum atomic E-state index is -1.42. The van der Waals surface area contributed by atoms with E-state index in [1.54, 1.807) is 32.0 Å². The van der Waals surface area contributed by atoms with Crippen LogP contribution in [0.25, 0.3) is 0 Å². The van der Waals surface area contributed by atoms with Crippen molar-refractivity contribution in [3.8, 4) is 0 Å². The summed E-state index contributed by atoms with van der Waals surface area (Å²) in [7, 11) is 0. The predicted octanol–water partition coefficient (Wildman–Crippen LogP) is -0.0571. The number of nitrogens with two attached hydrogens (primary N) is 1. The third-order valence-electron chi connectivity index (χ3n) is 6.03. The topological polar surface area (TPSA) is 202 Å². The number of carbonyl (C=O) groups is 4. The second kappa shape index (κ2) is 15.9. The summed E-state index contributed by atoms with van der Waals surface area (Å²) in [6, 6.07) is 4.42. The fourth-order valence-corrected chi connectivity index (χ4v) is 3.60. The molecule has 0 fully saturated rings. The smallest absolute Gasteiger partial charge is 0.418 e. The number of aliphatic hydroxyl groups is 1. The van der Waals surface area contributed by atoms with Crippen LogP contribution in [0.5, 0.6) is 0 Å². The second-order valence-corrected chi connectivity index (χ2v) is 8.94. The van der Waals surface area contributed by atoms with Gasteiger partial charge in [0.25, 0.3) is 17.6 Å². The molecule has 0 aliphatic carbocycles. The van der Waals surface area contributed by atoms with Crippen molar-refractivity contribution >= 4 is 42.2 Å². The van der Waals surface area contributed by atoms with E-state index in [2.05, 4.69) is 25.6 Å². The Balaban J connectivity index is 2.28. The van der Waals surface area contributed by atoms with Crippen LogP contribution in [0.1, 0.15) is 64.7 Å². The molecule has 4 amide bonds. The van der Waals surface area contributed by atoms with Crippen molar-refractivity contribution in [3.63, 3.8) is 0 Å². The number of benzene rings is 1. The maximum atomic E-state index is 13.3. The van der Waals surface area contributed by atoms with E-state index < -0.39 is 31.1 Å². The van der Waals surface area contributed by atoms with Crippen molar-refractivity contribution in [2.24, 2.45) is 10.7 Å². The minimum absolute atomic E-state index is 0.00880. The quantitative estimate of drug-likeness (QED) is 0.0829. The van der Waals surface area contributed by atoms with Crippen molar-refractivity contribution < 1.29 is 38.8 Å². The second-order valence-electron chi connectivity index (χ2n) is 8.94. The highest BCUT2D eigenvalue weighted by Gasteiger charge is 2.28. The molecule has 7 N–H and O–H groups in total. The normalized spacial score (nSPS) is 13.0. The highest BCUT2D eigenvalue weighted by atomic mass is 16.7. The first-order chi connectivity index (χ1) is 19.6. The number of ether oxygens (including phenoxy) is 2. The first kappa shape index (κ1) is 32.7. The summed E-state index contributed by atoms with van der Waals surface area (Å²) in [5, 5.41) is 15.0. The fourth-order valence-electron chi connectivity index (χ4n) is 3.60. The lowest BCUT2D eigenvalue weighted by atomic mass is 10.1. The van der Waals surface area contributed by atoms with Crippen LogP contribution in [0.3, 0.4) is 0 Å². The zero-order chi connectivity index (χ0) is 30.5. The molecule has 0 radical (unpaired) electrons. The van der Waals surface area contributed by atoms with E-state index in [1.807, 2.05) is 13.8 Å². The number of nitrogens with one attached hydrogen (secondary N) is 4. The summed E-state index contributed by atoms with van der Waals surface area (Å²) in [5.74, 6) is -0.578. The molecule has 14 heteroatoms. The summed E-state index contributed by atoms with van der Waals surface area (Å²) >= 11 is 0. The lowest BCUT2D eigenvalue weighted by Gasteiger charge is -2.21. The van der Waals surface area contributed by atoms with Crippen molar-refractivity contribution in [2.45, 2.75) is 53.4 Å². The molecule has 0 aliphatic heterocycles. The average molecular weight is 573 g/mol. The van der Waals surface area contributed by atoms with Crippen molar-refractivity contribution in [1.29, 1.82) is 0 Å². The van der Waals surface area contributed by atoms with Crippen LogP contribution in [-0.2, 0) is 14.3 Å². The number of H-pyrrole nitrogens is 1. The summed E-state index contributed by atoms with van der Waals surface area (Å²) in [5.41, 5.74) is 8.49. The highest BCUT2D eigenvalue weighted by molar-refractivity contribution is 6.06. The summed E-state index contributed by atoms with van der Waals surface area (Å²) in [6.45, 7) is 8.47. The Morgan fingerprint density at radius 1 is 1.27 bits per heavy atom. The van der Waals surface area contributed by atoms with Gasteiger partial charge in [0, 0.05) is 24.8 Å². The molecule has 222 valence electrons. The molecule has 1 aromatic carbocycles. The zero-order valence-electron chi connectivity index (χ0n) is 23.8. The summed E-state index contributed by atoms with van der Waals surface area (Å²) in [4.78, 5) is 60.2. The Bertz CT molecular complexity index is 1290. The van der Waals surface area contributed by atoms with Gasteiger partial charge in [-0.05, 0) is 57.4 Å². The van der Waals surface area contributed by atoms with Crippen LogP contribution in [0.2, 0.25) is 0 Å². The van der Waals surface area contributed by atoms with E-state index >= 15 is 0 Å². The number of aromatic amines is 1. The molecule has 1 aromatic heterocycles. The van der Waals surface area contributed by atoms with E-state index in [1.165, 1.54) is 19.5 Å². The molecular weight excluding hydrogens is 534 g/mol. The van der Waals surface area contributed by atoms with Crippen molar-refractivity contribution in [2.75, 3.05) is 19.9 Å². The number of hydrogen-bond acceptors (Lipinski definition) is 8. The molecule has 2 unspecified atom stereocenters. The number of imide groups is 1. The van der Waals surface area contributed by atoms with Crippen LogP contribution in [0.15, 0.2) is 29.4 Å². The number of rotatable bonds is 13. The third-order valence-corrected chi connectivity index (χ3v) is 6.03. The van der Waals surface area contributed by atoms with Gasteiger partial charge in [0.15, 0.2) is 19.4 Å². The molecule has 2 atom stereocenters. The van der Waals surface area contributed by atoms with Crippen molar-refractivity contribution in [3.05, 3.63) is 52.3 Å². The fraction of sp³-hybridized carbons (Fsp3) is 0.407. The van der Waals surface area contributed by atoms with E-state index in [0.717, 1.165) is 16.9 Å². The number of hydrogen-bond donors (Lipinski definition) is 6. The summed E-state index contributed by atoms with van der Waals surface area (Å²) < 4.78 is 9.97. The van der Waals surface area contributed by atoms with Crippen LogP contribution < -0.4 is 21.4 Å². The molecule has 0 bridgehead atoms. The van der Waals surface area contributed by atoms with Gasteiger partial charge in [0.05, 0.1) is 11.6 Å². The monoisotopic (exact) mass is 572 g/mol. The number of aliphatic hydroxyl groups excluding tert-OH is 1. The SMILES string of the molecule is CCCNC(=O)c1ccc(C)c(N=C([NH+]=CN)c2[nH]cc(C(=O)N(CC)C(=O)OCOC(O)C(C)NC=O)c2C)c1. The number of aliphatic imine (C=N–C) groups is 1. The van der Waals surface area contributed by atoms with E-state index in [-0.39, 0.29) is 23.9 Å². The first-order valence-corrected chi connectivity index (χ1v) is 13.0. The largest absolute Gasteiger partial charge is 0.422 e. The molecule has 1 heterocycles. The van der Waals surface area contributed by atoms with Gasteiger partial charge in [0.2, 0.25) is 6.41 Å². The predicted molar refractivity (Wildman–Crippen MR) is 151 cm³/mol. The van der Waals surface area contributed by atoms with Crippen LogP contribution >= 0.6 is 0 Å². The van der Waals surface area contributed by atoms with Gasteiger partial charge in [-0.1, -0.05) is 13.0 Å². The number of amidine groups is 1. The Labute approximate surface area is 238 Å². The van der Waals surface area contributed by atoms with Gasteiger partial charge in [0.1, 0.15) is 11.4 Å². The molecular formula is C27H38N7O7+. The number of amides is 4. The number of aryl methyl sites for hydroxylation is 1. The van der Waals surface area contributed by atoms with Gasteiger partial charge in [-0.2, -0.15) is 0 Å². The Kier molecular flexibility index (Phi) is 12.7. The molecule has 0 spiro atoms. The molecule has 0 saturated carbocycles. The Morgan fingerprint density at radius 3 is 2.63 bits per heavy atom. The van der Waals surface area contributed by atoms with Crippen molar-refractivity contribution in [1.82, 2.24) is 20.5 Å². The zero-order valence-corrected chi connectivity index (χ0v) is 23.8. The van der Waals surface area contributed by atoms with Gasteiger partial charge in [-0.15, -0.1) is 4.99 Å². The molecule has 41 heavy (non-hydrogen) atoms. The molecule has 0 aliphatic rings. The van der Waals surface area contributed by atoms with Crippen LogP contribution in [0, 0.1) is 13.8 Å².